The Labute approximate surface area is 185 Å². The molecule has 1 fully saturated rings. The van der Waals surface area contributed by atoms with E-state index >= 15 is 0 Å². The van der Waals surface area contributed by atoms with Crippen molar-refractivity contribution in [3.8, 4) is 0 Å². The first kappa shape index (κ1) is 22.1. The fourth-order valence-electron chi connectivity index (χ4n) is 4.04. The van der Waals surface area contributed by atoms with Gasteiger partial charge >= 0.3 is 6.18 Å². The van der Waals surface area contributed by atoms with E-state index in [1.165, 1.54) is 0 Å². The van der Waals surface area contributed by atoms with Crippen LogP contribution in [-0.4, -0.2) is 47.6 Å². The van der Waals surface area contributed by atoms with E-state index in [9.17, 15) is 13.2 Å². The Morgan fingerprint density at radius 2 is 1.81 bits per heavy atom. The molecule has 0 saturated carbocycles. The second-order valence-corrected chi connectivity index (χ2v) is 8.12. The van der Waals surface area contributed by atoms with E-state index in [1.807, 2.05) is 6.07 Å². The smallest absolute Gasteiger partial charge is 0.399 e. The zero-order valence-electron chi connectivity index (χ0n) is 18.2. The summed E-state index contributed by atoms with van der Waals surface area (Å²) in [4.78, 5) is 13.5. The molecule has 0 aliphatic carbocycles. The van der Waals surface area contributed by atoms with Crippen LogP contribution in [0.2, 0.25) is 0 Å². The van der Waals surface area contributed by atoms with Gasteiger partial charge < -0.3 is 20.9 Å². The number of aromatic nitrogens is 2. The molecule has 32 heavy (non-hydrogen) atoms. The molecule has 9 heteroatoms. The van der Waals surface area contributed by atoms with Gasteiger partial charge in [0.05, 0.1) is 17.4 Å². The number of nitrogens with two attached hydrogens (primary N) is 1. The highest BCUT2D eigenvalue weighted by atomic mass is 19.4. The molecule has 0 spiro atoms. The number of fused-ring (bicyclic) bond motifs is 1. The van der Waals surface area contributed by atoms with Gasteiger partial charge in [-0.3, -0.25) is 4.98 Å². The van der Waals surface area contributed by atoms with Crippen LogP contribution < -0.4 is 16.0 Å². The lowest BCUT2D eigenvalue weighted by molar-refractivity contribution is -0.137. The van der Waals surface area contributed by atoms with Crippen molar-refractivity contribution in [1.29, 1.82) is 0 Å². The first-order valence-electron chi connectivity index (χ1n) is 10.7. The third-order valence-corrected chi connectivity index (χ3v) is 5.95. The van der Waals surface area contributed by atoms with Gasteiger partial charge in [0, 0.05) is 61.1 Å². The zero-order chi connectivity index (χ0) is 22.9. The number of alkyl halides is 3. The Balaban J connectivity index is 1.61. The third-order valence-electron chi connectivity index (χ3n) is 5.95. The quantitative estimate of drug-likeness (QED) is 0.563. The van der Waals surface area contributed by atoms with Crippen LogP contribution in [0.3, 0.4) is 0 Å². The minimum atomic E-state index is -4.45. The predicted octanol–water partition coefficient (Wildman–Crippen LogP) is 4.55. The van der Waals surface area contributed by atoms with Crippen molar-refractivity contribution in [2.75, 3.05) is 48.7 Å². The molecule has 1 aliphatic heterocycles. The van der Waals surface area contributed by atoms with Crippen LogP contribution in [0, 0.1) is 0 Å². The molecule has 1 aromatic carbocycles. The van der Waals surface area contributed by atoms with Crippen LogP contribution >= 0.6 is 0 Å². The molecule has 170 valence electrons. The summed E-state index contributed by atoms with van der Waals surface area (Å²) < 4.78 is 39.6. The Morgan fingerprint density at radius 1 is 1.06 bits per heavy atom. The summed E-state index contributed by atoms with van der Waals surface area (Å²) in [5.74, 6) is 0.887. The van der Waals surface area contributed by atoms with Crippen molar-refractivity contribution in [2.24, 2.45) is 0 Å². The summed E-state index contributed by atoms with van der Waals surface area (Å²) in [6.07, 6.45) is 0.767. The van der Waals surface area contributed by atoms with E-state index in [0.717, 1.165) is 67.1 Å². The molecule has 0 radical (unpaired) electrons. The molecule has 1 saturated heterocycles. The number of halogens is 3. The number of nitrogens with zero attached hydrogens (tertiary/aromatic N) is 4. The van der Waals surface area contributed by atoms with Crippen molar-refractivity contribution < 1.29 is 13.2 Å². The summed E-state index contributed by atoms with van der Waals surface area (Å²) in [6.45, 7) is 8.79. The van der Waals surface area contributed by atoms with Gasteiger partial charge in [0.25, 0.3) is 0 Å². The molecule has 0 amide bonds. The Bertz CT molecular complexity index is 1090. The molecule has 3 aromatic rings. The van der Waals surface area contributed by atoms with E-state index < -0.39 is 17.8 Å². The summed E-state index contributed by atoms with van der Waals surface area (Å²) in [6, 6.07) is 5.26. The van der Waals surface area contributed by atoms with Crippen molar-refractivity contribution in [2.45, 2.75) is 26.1 Å². The highest BCUT2D eigenvalue weighted by Gasteiger charge is 2.31. The first-order chi connectivity index (χ1) is 15.2. The molecule has 2 aromatic heterocycles. The number of benzene rings is 1. The van der Waals surface area contributed by atoms with E-state index in [2.05, 4.69) is 32.0 Å². The van der Waals surface area contributed by atoms with Gasteiger partial charge in [-0.15, -0.1) is 0 Å². The number of pyridine rings is 2. The SMILES string of the molecule is CCN1CCN(c2cc3c(N[C@H](C)c4cc(N)cc(C(F)(F)F)c4)cncc3cn2)CC1. The summed E-state index contributed by atoms with van der Waals surface area (Å²) >= 11 is 0. The molecule has 1 atom stereocenters. The maximum absolute atomic E-state index is 13.2. The number of nitrogen functional groups attached to an aromatic ring is 1. The van der Waals surface area contributed by atoms with Gasteiger partial charge in [0.15, 0.2) is 0 Å². The van der Waals surface area contributed by atoms with E-state index in [1.54, 1.807) is 31.6 Å². The van der Waals surface area contributed by atoms with Crippen LogP contribution in [0.15, 0.2) is 42.9 Å². The molecule has 0 unspecified atom stereocenters. The van der Waals surface area contributed by atoms with Gasteiger partial charge in [-0.05, 0) is 43.3 Å². The average Bonchev–Trinajstić information content (AvgIpc) is 2.78. The van der Waals surface area contributed by atoms with E-state index in [4.69, 9.17) is 5.73 Å². The van der Waals surface area contributed by atoms with Crippen molar-refractivity contribution >= 4 is 28.0 Å². The van der Waals surface area contributed by atoms with Gasteiger partial charge in [-0.2, -0.15) is 13.2 Å². The number of anilines is 3. The largest absolute Gasteiger partial charge is 0.416 e. The van der Waals surface area contributed by atoms with E-state index in [-0.39, 0.29) is 5.69 Å². The van der Waals surface area contributed by atoms with Crippen LogP contribution in [-0.2, 0) is 6.18 Å². The number of hydrogen-bond acceptors (Lipinski definition) is 6. The molecule has 4 rings (SSSR count). The topological polar surface area (TPSA) is 70.3 Å². The van der Waals surface area contributed by atoms with E-state index in [0.29, 0.717) is 5.56 Å². The first-order valence-corrected chi connectivity index (χ1v) is 10.7. The second kappa shape index (κ2) is 8.82. The van der Waals surface area contributed by atoms with Gasteiger partial charge in [0.1, 0.15) is 5.82 Å². The van der Waals surface area contributed by atoms with Gasteiger partial charge in [0.2, 0.25) is 0 Å². The highest BCUT2D eigenvalue weighted by molar-refractivity contribution is 5.94. The van der Waals surface area contributed by atoms with Crippen LogP contribution in [0.25, 0.3) is 10.8 Å². The fourth-order valence-corrected chi connectivity index (χ4v) is 4.04. The lowest BCUT2D eigenvalue weighted by Gasteiger charge is -2.34. The van der Waals surface area contributed by atoms with Crippen molar-refractivity contribution in [3.05, 3.63) is 54.0 Å². The molecule has 0 bridgehead atoms. The molecule has 3 heterocycles. The lowest BCUT2D eigenvalue weighted by atomic mass is 10.0. The number of hydrogen-bond donors (Lipinski definition) is 2. The number of likely N-dealkylation sites (N-methyl/N-ethyl adjacent to an activating group) is 1. The molecule has 6 nitrogen and oxygen atoms in total. The Kier molecular flexibility index (Phi) is 6.10. The summed E-state index contributed by atoms with van der Waals surface area (Å²) in [5.41, 5.74) is 6.26. The third kappa shape index (κ3) is 4.72. The predicted molar refractivity (Wildman–Crippen MR) is 122 cm³/mol. The number of piperazine rings is 1. The zero-order valence-corrected chi connectivity index (χ0v) is 18.2. The standard InChI is InChI=1S/C23H27F3N6/c1-3-31-4-6-32(7-5-31)22-11-20-17(13-29-22)12-28-14-21(20)30-15(2)16-8-18(23(24,25)26)10-19(27)9-16/h8-15,30H,3-7,27H2,1-2H3/t15-/m1/s1. The normalized spacial score (nSPS) is 16.3. The molecular weight excluding hydrogens is 417 g/mol. The van der Waals surface area contributed by atoms with Crippen molar-refractivity contribution in [1.82, 2.24) is 14.9 Å². The minimum Gasteiger partial charge on any atom is -0.399 e. The summed E-state index contributed by atoms with van der Waals surface area (Å²) in [7, 11) is 0. The van der Waals surface area contributed by atoms with Gasteiger partial charge in [-0.1, -0.05) is 6.92 Å². The van der Waals surface area contributed by atoms with Crippen molar-refractivity contribution in [3.63, 3.8) is 0 Å². The Hall–Kier alpha value is -3.07. The number of nitrogens with one attached hydrogen (secondary N) is 1. The minimum absolute atomic E-state index is 0.0808. The van der Waals surface area contributed by atoms with Crippen LogP contribution in [0.5, 0.6) is 0 Å². The molecular formula is C23H27F3N6. The maximum atomic E-state index is 13.2. The average molecular weight is 445 g/mol. The monoisotopic (exact) mass is 444 g/mol. The highest BCUT2D eigenvalue weighted by Crippen LogP contribution is 2.34. The molecule has 3 N–H and O–H groups in total. The summed E-state index contributed by atoms with van der Waals surface area (Å²) in [5, 5.41) is 5.10. The van der Waals surface area contributed by atoms with Gasteiger partial charge in [-0.25, -0.2) is 4.98 Å². The maximum Gasteiger partial charge on any atom is 0.416 e. The van der Waals surface area contributed by atoms with Crippen LogP contribution in [0.1, 0.15) is 31.0 Å². The molecule has 1 aliphatic rings. The Morgan fingerprint density at radius 3 is 2.50 bits per heavy atom. The lowest BCUT2D eigenvalue weighted by Crippen LogP contribution is -2.46. The van der Waals surface area contributed by atoms with Crippen LogP contribution in [0.4, 0.5) is 30.4 Å². The number of rotatable bonds is 5. The fraction of sp³-hybridized carbons (Fsp3) is 0.391. The second-order valence-electron chi connectivity index (χ2n) is 8.12.